The summed E-state index contributed by atoms with van der Waals surface area (Å²) in [5.41, 5.74) is 7.73. The minimum Gasteiger partial charge on any atom is -0.456 e. The Bertz CT molecular complexity index is 3150. The highest BCUT2D eigenvalue weighted by Crippen LogP contribution is 2.48. The molecule has 0 radical (unpaired) electrons. The predicted molar refractivity (Wildman–Crippen MR) is 208 cm³/mol. The number of hydrogen-bond acceptors (Lipinski definition) is 1. The van der Waals surface area contributed by atoms with E-state index < -0.39 is 12.1 Å². The molecule has 0 saturated carbocycles. The van der Waals surface area contributed by atoms with Crippen LogP contribution in [0.5, 0.6) is 0 Å². The van der Waals surface area contributed by atoms with Crippen molar-refractivity contribution in [2.75, 3.05) is 0 Å². The first kappa shape index (κ1) is 22.2. The number of fused-ring (bicyclic) bond motifs is 6. The number of furan rings is 1. The molecule has 0 spiro atoms. The summed E-state index contributed by atoms with van der Waals surface area (Å²) in [6.07, 6.45) is 0. The summed E-state index contributed by atoms with van der Waals surface area (Å²) in [4.78, 5) is 0. The average molecular weight is 629 g/mol. The van der Waals surface area contributed by atoms with Crippen LogP contribution in [-0.2, 0) is 0 Å². The van der Waals surface area contributed by atoms with E-state index in [1.165, 1.54) is 0 Å². The third kappa shape index (κ3) is 4.40. The summed E-state index contributed by atoms with van der Waals surface area (Å²) in [5.74, 6) is 0. The molecule has 1 heterocycles. The van der Waals surface area contributed by atoms with Gasteiger partial charge in [0.25, 0.3) is 0 Å². The summed E-state index contributed by atoms with van der Waals surface area (Å²) in [6.45, 7) is 0. The van der Waals surface area contributed by atoms with Gasteiger partial charge in [-0.05, 0) is 107 Å². The molecule has 49 heavy (non-hydrogen) atoms. The lowest BCUT2D eigenvalue weighted by Gasteiger charge is -2.20. The monoisotopic (exact) mass is 628 g/mol. The highest BCUT2D eigenvalue weighted by atomic mass is 16.3. The van der Waals surface area contributed by atoms with Crippen molar-refractivity contribution in [3.63, 3.8) is 0 Å². The van der Waals surface area contributed by atoms with Gasteiger partial charge in [-0.15, -0.1) is 0 Å². The Balaban J connectivity index is 1.38. The maximum absolute atomic E-state index is 9.89. The molecule has 0 fully saturated rings. The van der Waals surface area contributed by atoms with E-state index in [2.05, 4.69) is 42.5 Å². The highest BCUT2D eigenvalue weighted by molar-refractivity contribution is 6.27. The van der Waals surface area contributed by atoms with Gasteiger partial charge in [-0.1, -0.05) is 152 Å². The van der Waals surface area contributed by atoms with Gasteiger partial charge in [-0.2, -0.15) is 0 Å². The summed E-state index contributed by atoms with van der Waals surface area (Å²) < 4.78 is 61.3. The molecule has 1 aromatic heterocycles. The first-order valence-corrected chi connectivity index (χ1v) is 16.4. The van der Waals surface area contributed by atoms with Crippen molar-refractivity contribution < 1.29 is 12.6 Å². The molecule has 0 aliphatic heterocycles. The van der Waals surface area contributed by atoms with Crippen molar-refractivity contribution in [1.29, 1.82) is 0 Å². The molecular weight excluding hydrogens is 593 g/mol. The second-order valence-electron chi connectivity index (χ2n) is 12.3. The van der Waals surface area contributed by atoms with Crippen molar-refractivity contribution in [2.45, 2.75) is 0 Å². The molecular formula is C48H30O. The average Bonchev–Trinajstić information content (AvgIpc) is 3.61. The molecule has 0 unspecified atom stereocenters. The van der Waals surface area contributed by atoms with E-state index >= 15 is 0 Å². The number of hydrogen-bond donors (Lipinski definition) is 0. The lowest BCUT2D eigenvalue weighted by molar-refractivity contribution is 0.669. The molecule has 1 nitrogen and oxygen atoms in total. The van der Waals surface area contributed by atoms with Gasteiger partial charge in [-0.3, -0.25) is 0 Å². The first-order valence-electron chi connectivity index (χ1n) is 19.4. The van der Waals surface area contributed by atoms with Crippen molar-refractivity contribution in [2.24, 2.45) is 0 Å². The standard InChI is InChI=1S/C48H30O/c1-3-14-31(15-4-1)33-26-27-44-43(29-33)48-41(24-13-25-45(48)49-44)46-37-20-9-11-22-39(37)47(40-23-12-10-21-38(40)46)42-30-35(32-16-5-2-6-17-32)28-34-18-7-8-19-36(34)42/h1-30H/i7D,8D,18D,19D,28D,30D. The molecule has 0 aliphatic rings. The zero-order valence-corrected chi connectivity index (χ0v) is 26.3. The molecule has 9 aromatic carbocycles. The maximum Gasteiger partial charge on any atom is 0.136 e. The second kappa shape index (κ2) is 11.1. The summed E-state index contributed by atoms with van der Waals surface area (Å²) in [5, 5.41) is 5.73. The van der Waals surface area contributed by atoms with Gasteiger partial charge in [0.2, 0.25) is 0 Å². The van der Waals surface area contributed by atoms with Crippen LogP contribution < -0.4 is 0 Å². The molecule has 0 atom stereocenters. The van der Waals surface area contributed by atoms with Crippen LogP contribution >= 0.6 is 0 Å². The van der Waals surface area contributed by atoms with E-state index in [9.17, 15) is 4.11 Å². The van der Waals surface area contributed by atoms with E-state index in [1.54, 1.807) is 0 Å². The Hall–Kier alpha value is -6.44. The van der Waals surface area contributed by atoms with Crippen molar-refractivity contribution in [3.05, 3.63) is 182 Å². The fraction of sp³-hybridized carbons (Fsp3) is 0. The zero-order chi connectivity index (χ0) is 37.5. The van der Waals surface area contributed by atoms with Gasteiger partial charge < -0.3 is 4.42 Å². The van der Waals surface area contributed by atoms with Crippen LogP contribution in [0.25, 0.3) is 98.8 Å². The van der Waals surface area contributed by atoms with Gasteiger partial charge in [0.05, 0.1) is 8.22 Å². The van der Waals surface area contributed by atoms with E-state index in [0.717, 1.165) is 65.7 Å². The normalized spacial score (nSPS) is 13.4. The van der Waals surface area contributed by atoms with E-state index in [4.69, 9.17) is 8.53 Å². The molecule has 10 rings (SSSR count). The van der Waals surface area contributed by atoms with Gasteiger partial charge in [0, 0.05) is 10.8 Å². The third-order valence-corrected chi connectivity index (χ3v) is 9.55. The largest absolute Gasteiger partial charge is 0.456 e. The molecule has 0 N–H and O–H groups in total. The van der Waals surface area contributed by atoms with Crippen LogP contribution in [0.15, 0.2) is 186 Å². The predicted octanol–water partition coefficient (Wildman–Crippen LogP) is 13.7. The van der Waals surface area contributed by atoms with Crippen molar-refractivity contribution in [1.82, 2.24) is 0 Å². The Morgan fingerprint density at radius 3 is 1.65 bits per heavy atom. The highest BCUT2D eigenvalue weighted by Gasteiger charge is 2.21. The Morgan fingerprint density at radius 1 is 0.388 bits per heavy atom. The van der Waals surface area contributed by atoms with Gasteiger partial charge in [0.15, 0.2) is 0 Å². The molecule has 10 aromatic rings. The molecule has 0 saturated heterocycles. The fourth-order valence-corrected chi connectivity index (χ4v) is 7.41. The van der Waals surface area contributed by atoms with Crippen LogP contribution in [0, 0.1) is 0 Å². The van der Waals surface area contributed by atoms with Gasteiger partial charge in [0.1, 0.15) is 11.2 Å². The minimum absolute atomic E-state index is 0.0353. The van der Waals surface area contributed by atoms with Gasteiger partial charge >= 0.3 is 0 Å². The van der Waals surface area contributed by atoms with Crippen LogP contribution in [0.3, 0.4) is 0 Å². The van der Waals surface area contributed by atoms with Crippen LogP contribution in [0.2, 0.25) is 0 Å². The molecule has 228 valence electrons. The van der Waals surface area contributed by atoms with Gasteiger partial charge in [-0.25, -0.2) is 0 Å². The summed E-state index contributed by atoms with van der Waals surface area (Å²) in [6, 6.07) is 46.7. The molecule has 0 aliphatic carbocycles. The van der Waals surface area contributed by atoms with E-state index in [-0.39, 0.29) is 34.9 Å². The summed E-state index contributed by atoms with van der Waals surface area (Å²) in [7, 11) is 0. The van der Waals surface area contributed by atoms with E-state index in [1.807, 2.05) is 103 Å². The lowest BCUT2D eigenvalue weighted by atomic mass is 9.83. The second-order valence-corrected chi connectivity index (χ2v) is 12.3. The Labute approximate surface area is 292 Å². The summed E-state index contributed by atoms with van der Waals surface area (Å²) >= 11 is 0. The maximum atomic E-state index is 9.89. The number of rotatable bonds is 4. The topological polar surface area (TPSA) is 13.1 Å². The van der Waals surface area contributed by atoms with Crippen LogP contribution in [0.1, 0.15) is 8.22 Å². The third-order valence-electron chi connectivity index (χ3n) is 9.55. The fourth-order valence-electron chi connectivity index (χ4n) is 7.41. The SMILES string of the molecule is [2H]c1c([2H])c([2H])c2c(-c3c4ccccc4c(-c4cccc5oc6ccc(-c7ccccc7)cc6c45)c4ccccc34)c([2H])c(-c3ccccc3)c([2H])c2c1[2H]. The van der Waals surface area contributed by atoms with Crippen molar-refractivity contribution in [3.8, 4) is 44.5 Å². The van der Waals surface area contributed by atoms with Crippen LogP contribution in [-0.4, -0.2) is 0 Å². The Kier molecular flexibility index (Phi) is 5.02. The van der Waals surface area contributed by atoms with Crippen molar-refractivity contribution >= 4 is 54.3 Å². The zero-order valence-electron chi connectivity index (χ0n) is 32.3. The first-order chi connectivity index (χ1) is 26.8. The Morgan fingerprint density at radius 2 is 0.980 bits per heavy atom. The van der Waals surface area contributed by atoms with Crippen LogP contribution in [0.4, 0.5) is 0 Å². The lowest BCUT2D eigenvalue weighted by Crippen LogP contribution is -1.93. The molecule has 0 amide bonds. The minimum atomic E-state index is -0.408. The quantitative estimate of drug-likeness (QED) is 0.177. The molecule has 0 bridgehead atoms. The number of benzene rings is 9. The smallest absolute Gasteiger partial charge is 0.136 e. The van der Waals surface area contributed by atoms with E-state index in [0.29, 0.717) is 22.3 Å². The molecule has 1 heteroatoms.